The Morgan fingerprint density at radius 1 is 1.38 bits per heavy atom. The number of hydrogen-bond acceptors (Lipinski definition) is 4. The number of ether oxygens (including phenoxy) is 1. The lowest BCUT2D eigenvalue weighted by atomic mass is 9.75. The van der Waals surface area contributed by atoms with E-state index in [-0.39, 0.29) is 17.9 Å². The quantitative estimate of drug-likeness (QED) is 0.422. The molecule has 3 N–H and O–H groups in total. The highest BCUT2D eigenvalue weighted by atomic mass is 127. The van der Waals surface area contributed by atoms with Crippen molar-refractivity contribution in [2.75, 3.05) is 5.73 Å². The van der Waals surface area contributed by atoms with Crippen LogP contribution in [0.4, 0.5) is 10.5 Å². The fourth-order valence-electron chi connectivity index (χ4n) is 3.17. The fraction of sp³-hybridized carbons (Fsp3) is 0.556. The van der Waals surface area contributed by atoms with Gasteiger partial charge in [0.2, 0.25) is 0 Å². The van der Waals surface area contributed by atoms with E-state index < -0.39 is 11.7 Å². The Balaban J connectivity index is 2.23. The van der Waals surface area contributed by atoms with Gasteiger partial charge >= 0.3 is 6.09 Å². The zero-order valence-corrected chi connectivity index (χ0v) is 16.5. The Kier molecular flexibility index (Phi) is 6.11. The number of anilines is 1. The Morgan fingerprint density at radius 3 is 2.71 bits per heavy atom. The van der Waals surface area contributed by atoms with Crippen molar-refractivity contribution in [3.63, 3.8) is 0 Å². The molecule has 0 spiro atoms. The normalized spacial score (nSPS) is 24.2. The van der Waals surface area contributed by atoms with Gasteiger partial charge in [-0.25, -0.2) is 4.79 Å². The van der Waals surface area contributed by atoms with Crippen LogP contribution in [0.2, 0.25) is 0 Å². The summed E-state index contributed by atoms with van der Waals surface area (Å²) in [5.74, 6) is 0.0140. The van der Waals surface area contributed by atoms with E-state index in [0.29, 0.717) is 12.1 Å². The highest BCUT2D eigenvalue weighted by Gasteiger charge is 2.34. The summed E-state index contributed by atoms with van der Waals surface area (Å²) in [5, 5.41) is 2.98. The minimum absolute atomic E-state index is 0.00366. The molecule has 0 saturated heterocycles. The Hall–Kier alpha value is -1.31. The van der Waals surface area contributed by atoms with Crippen LogP contribution in [0.5, 0.6) is 0 Å². The van der Waals surface area contributed by atoms with Crippen LogP contribution in [0.1, 0.15) is 51.5 Å². The molecule has 6 heteroatoms. The number of rotatable bonds is 3. The largest absolute Gasteiger partial charge is 0.444 e. The van der Waals surface area contributed by atoms with Gasteiger partial charge in [0.15, 0.2) is 0 Å². The average Bonchev–Trinajstić information content (AvgIpc) is 2.48. The van der Waals surface area contributed by atoms with Gasteiger partial charge in [0.05, 0.1) is 0 Å². The molecule has 24 heavy (non-hydrogen) atoms. The van der Waals surface area contributed by atoms with E-state index in [9.17, 15) is 9.59 Å². The van der Waals surface area contributed by atoms with Gasteiger partial charge in [-0.05, 0) is 86.4 Å². The third kappa shape index (κ3) is 5.09. The highest BCUT2D eigenvalue weighted by Crippen LogP contribution is 2.38. The highest BCUT2D eigenvalue weighted by molar-refractivity contribution is 14.1. The maximum absolute atomic E-state index is 12.2. The molecule has 0 radical (unpaired) electrons. The van der Waals surface area contributed by atoms with Gasteiger partial charge in [-0.2, -0.15) is 0 Å². The van der Waals surface area contributed by atoms with E-state index in [2.05, 4.69) is 27.9 Å². The van der Waals surface area contributed by atoms with Gasteiger partial charge < -0.3 is 20.6 Å². The van der Waals surface area contributed by atoms with Crippen LogP contribution >= 0.6 is 22.6 Å². The van der Waals surface area contributed by atoms with Crippen molar-refractivity contribution in [2.45, 2.75) is 57.6 Å². The van der Waals surface area contributed by atoms with Crippen molar-refractivity contribution in [3.05, 3.63) is 27.3 Å². The summed E-state index contributed by atoms with van der Waals surface area (Å²) in [6.07, 6.45) is 2.78. The Bertz CT molecular complexity index is 613. The summed E-state index contributed by atoms with van der Waals surface area (Å²) in [5.41, 5.74) is 7.32. The summed E-state index contributed by atoms with van der Waals surface area (Å²) in [7, 11) is 0. The predicted octanol–water partition coefficient (Wildman–Crippen LogP) is 3.85. The number of nitrogens with two attached hydrogens (primary N) is 1. The summed E-state index contributed by atoms with van der Waals surface area (Å²) in [6.45, 7) is 5.51. The molecule has 132 valence electrons. The van der Waals surface area contributed by atoms with Crippen molar-refractivity contribution in [1.82, 2.24) is 5.32 Å². The second-order valence-corrected chi connectivity index (χ2v) is 8.59. The summed E-state index contributed by atoms with van der Waals surface area (Å²) in [4.78, 5) is 23.4. The van der Waals surface area contributed by atoms with E-state index in [1.807, 2.05) is 39.0 Å². The molecule has 0 bridgehead atoms. The van der Waals surface area contributed by atoms with Gasteiger partial charge in [0, 0.05) is 27.1 Å². The van der Waals surface area contributed by atoms with Gasteiger partial charge in [-0.15, -0.1) is 0 Å². The number of benzene rings is 1. The second-order valence-electron chi connectivity index (χ2n) is 7.34. The first-order chi connectivity index (χ1) is 11.2. The maximum atomic E-state index is 12.2. The van der Waals surface area contributed by atoms with E-state index in [1.165, 1.54) is 0 Å². The molecule has 0 aliphatic heterocycles. The minimum Gasteiger partial charge on any atom is -0.444 e. The molecule has 1 saturated carbocycles. The van der Waals surface area contributed by atoms with Crippen LogP contribution in [0.3, 0.4) is 0 Å². The van der Waals surface area contributed by atoms with Crippen molar-refractivity contribution >= 4 is 40.7 Å². The van der Waals surface area contributed by atoms with E-state index in [0.717, 1.165) is 28.3 Å². The third-order valence-electron chi connectivity index (χ3n) is 4.23. The van der Waals surface area contributed by atoms with Crippen molar-refractivity contribution < 1.29 is 14.3 Å². The summed E-state index contributed by atoms with van der Waals surface area (Å²) in [6, 6.07) is 5.79. The third-order valence-corrected chi connectivity index (χ3v) is 4.90. The second kappa shape index (κ2) is 7.72. The fourth-order valence-corrected chi connectivity index (χ4v) is 3.68. The number of alkyl carbamates (subject to hydrolysis) is 1. The molecular weight excluding hydrogens is 419 g/mol. The lowest BCUT2D eigenvalue weighted by molar-refractivity contribution is -0.112. The number of halogens is 1. The number of aldehydes is 1. The molecule has 1 aromatic rings. The molecule has 3 atom stereocenters. The molecule has 1 fully saturated rings. The molecule has 1 amide bonds. The number of amides is 1. The van der Waals surface area contributed by atoms with Crippen LogP contribution < -0.4 is 11.1 Å². The van der Waals surface area contributed by atoms with Crippen LogP contribution in [0, 0.1) is 9.49 Å². The van der Waals surface area contributed by atoms with Crippen molar-refractivity contribution in [3.8, 4) is 0 Å². The zero-order chi connectivity index (χ0) is 17.9. The van der Waals surface area contributed by atoms with Crippen molar-refractivity contribution in [2.24, 2.45) is 5.92 Å². The molecule has 0 heterocycles. The van der Waals surface area contributed by atoms with E-state index in [4.69, 9.17) is 10.5 Å². The number of nitrogens with one attached hydrogen (secondary N) is 1. The first-order valence-corrected chi connectivity index (χ1v) is 9.27. The smallest absolute Gasteiger partial charge is 0.407 e. The topological polar surface area (TPSA) is 81.4 Å². The molecule has 1 aromatic carbocycles. The SMILES string of the molecule is CC(C)(C)OC(=O)N[C@@H]1CC[C@@H](C=O)CC1c1cc(I)ccc1N. The van der Waals surface area contributed by atoms with Gasteiger partial charge in [-0.1, -0.05) is 0 Å². The number of nitrogen functional groups attached to an aromatic ring is 1. The maximum Gasteiger partial charge on any atom is 0.407 e. The molecule has 1 aliphatic carbocycles. The van der Waals surface area contributed by atoms with Crippen molar-refractivity contribution in [1.29, 1.82) is 0 Å². The van der Waals surface area contributed by atoms with E-state index in [1.54, 1.807) is 0 Å². The lowest BCUT2D eigenvalue weighted by Crippen LogP contribution is -2.45. The van der Waals surface area contributed by atoms with Crippen LogP contribution in [-0.4, -0.2) is 24.0 Å². The molecule has 5 nitrogen and oxygen atoms in total. The first-order valence-electron chi connectivity index (χ1n) is 8.19. The molecule has 0 aromatic heterocycles. The van der Waals surface area contributed by atoms with E-state index >= 15 is 0 Å². The molecule has 1 unspecified atom stereocenters. The monoisotopic (exact) mass is 444 g/mol. The van der Waals surface area contributed by atoms with Gasteiger partial charge in [-0.3, -0.25) is 0 Å². The van der Waals surface area contributed by atoms with Gasteiger partial charge in [0.1, 0.15) is 11.9 Å². The molecular formula is C18H25IN2O3. The summed E-state index contributed by atoms with van der Waals surface area (Å²) >= 11 is 2.25. The zero-order valence-electron chi connectivity index (χ0n) is 14.3. The number of carbonyl (C=O) groups excluding carboxylic acids is 2. The number of carbonyl (C=O) groups is 2. The van der Waals surface area contributed by atoms with Crippen LogP contribution in [0.25, 0.3) is 0 Å². The minimum atomic E-state index is -0.541. The molecule has 2 rings (SSSR count). The number of hydrogen-bond donors (Lipinski definition) is 2. The summed E-state index contributed by atoms with van der Waals surface area (Å²) < 4.78 is 6.46. The standard InChI is InChI=1S/C18H25IN2O3/c1-18(2,3)24-17(23)21-16-7-4-11(10-22)8-14(16)13-9-12(19)5-6-15(13)20/h5-6,9-11,14,16H,4,7-8,20H2,1-3H3,(H,21,23)/t11-,14?,16-/m1/s1. The lowest BCUT2D eigenvalue weighted by Gasteiger charge is -2.36. The Morgan fingerprint density at radius 2 is 2.08 bits per heavy atom. The average molecular weight is 444 g/mol. The first kappa shape index (κ1) is 19.0. The van der Waals surface area contributed by atoms with Crippen LogP contribution in [0.15, 0.2) is 18.2 Å². The predicted molar refractivity (Wildman–Crippen MR) is 103 cm³/mol. The van der Waals surface area contributed by atoms with Gasteiger partial charge in [0.25, 0.3) is 0 Å². The van der Waals surface area contributed by atoms with Crippen LogP contribution in [-0.2, 0) is 9.53 Å². The Labute approximate surface area is 156 Å². The molecule has 1 aliphatic rings.